The summed E-state index contributed by atoms with van der Waals surface area (Å²) in [6.07, 6.45) is 0. The van der Waals surface area contributed by atoms with Crippen LogP contribution >= 0.6 is 0 Å². The Bertz CT molecular complexity index is 1040. The Balaban J connectivity index is 1.97. The zero-order valence-electron chi connectivity index (χ0n) is 15.2. The maximum atomic E-state index is 12.8. The molecule has 7 heteroatoms. The summed E-state index contributed by atoms with van der Waals surface area (Å²) in [6.45, 7) is 2.34. The molecule has 1 heterocycles. The molecular weight excluding hydrogens is 350 g/mol. The minimum Gasteiger partial charge on any atom is -0.494 e. The highest BCUT2D eigenvalue weighted by molar-refractivity contribution is 6.12. The molecule has 0 radical (unpaired) electrons. The summed E-state index contributed by atoms with van der Waals surface area (Å²) in [5, 5.41) is 3.27. The molecule has 0 aliphatic carbocycles. The van der Waals surface area contributed by atoms with Gasteiger partial charge in [-0.15, -0.1) is 0 Å². The Morgan fingerprint density at radius 3 is 2.52 bits per heavy atom. The first-order valence-corrected chi connectivity index (χ1v) is 8.29. The molecule has 0 spiro atoms. The van der Waals surface area contributed by atoms with E-state index in [0.29, 0.717) is 34.9 Å². The Labute approximate surface area is 155 Å². The highest BCUT2D eigenvalue weighted by atomic mass is 16.5. The van der Waals surface area contributed by atoms with Gasteiger partial charge < -0.3 is 23.9 Å². The van der Waals surface area contributed by atoms with Crippen molar-refractivity contribution in [3.05, 3.63) is 58.4 Å². The monoisotopic (exact) mass is 369 g/mol. The van der Waals surface area contributed by atoms with Crippen molar-refractivity contribution in [3.8, 4) is 17.2 Å². The van der Waals surface area contributed by atoms with Gasteiger partial charge >= 0.3 is 5.63 Å². The quantitative estimate of drug-likeness (QED) is 0.670. The third-order valence-electron chi connectivity index (χ3n) is 3.91. The summed E-state index contributed by atoms with van der Waals surface area (Å²) >= 11 is 0. The number of hydrogen-bond donors (Lipinski definition) is 1. The first-order valence-electron chi connectivity index (χ1n) is 8.29. The fourth-order valence-corrected chi connectivity index (χ4v) is 2.70. The van der Waals surface area contributed by atoms with E-state index in [-0.39, 0.29) is 11.1 Å². The lowest BCUT2D eigenvalue weighted by molar-refractivity contribution is 0.102. The zero-order chi connectivity index (χ0) is 19.4. The van der Waals surface area contributed by atoms with E-state index in [9.17, 15) is 9.59 Å². The number of benzene rings is 2. The number of amides is 1. The molecule has 0 aliphatic heterocycles. The number of hydrogen-bond acceptors (Lipinski definition) is 6. The average Bonchev–Trinajstić information content (AvgIpc) is 2.67. The first-order chi connectivity index (χ1) is 13.0. The molecule has 1 N–H and O–H groups in total. The van der Waals surface area contributed by atoms with Crippen LogP contribution in [0.3, 0.4) is 0 Å². The smallest absolute Gasteiger partial charge is 0.337 e. The van der Waals surface area contributed by atoms with E-state index in [4.69, 9.17) is 18.6 Å². The lowest BCUT2D eigenvalue weighted by Crippen LogP contribution is -2.15. The standard InChI is InChI=1S/C20H19NO6/c1-4-26-13-6-7-14-15(11-19(22)27-17(14)10-13)20(23)21-12-5-8-16(24-2)18(9-12)25-3/h5-11H,4H2,1-3H3,(H,21,23). The van der Waals surface area contributed by atoms with Gasteiger partial charge in [0.15, 0.2) is 11.5 Å². The van der Waals surface area contributed by atoms with Gasteiger partial charge in [-0.25, -0.2) is 4.79 Å². The third-order valence-corrected chi connectivity index (χ3v) is 3.91. The summed E-state index contributed by atoms with van der Waals surface area (Å²) in [4.78, 5) is 24.6. The summed E-state index contributed by atoms with van der Waals surface area (Å²) < 4.78 is 21.0. The van der Waals surface area contributed by atoms with E-state index in [1.54, 1.807) is 36.4 Å². The molecule has 140 valence electrons. The maximum Gasteiger partial charge on any atom is 0.337 e. The largest absolute Gasteiger partial charge is 0.494 e. The van der Waals surface area contributed by atoms with E-state index < -0.39 is 11.5 Å². The van der Waals surface area contributed by atoms with E-state index in [1.807, 2.05) is 6.92 Å². The van der Waals surface area contributed by atoms with Gasteiger partial charge in [-0.05, 0) is 31.2 Å². The molecule has 0 aliphatic rings. The molecule has 2 aromatic carbocycles. The molecule has 0 saturated heterocycles. The fraction of sp³-hybridized carbons (Fsp3) is 0.200. The van der Waals surface area contributed by atoms with Crippen LogP contribution in [-0.2, 0) is 0 Å². The van der Waals surface area contributed by atoms with Crippen LogP contribution in [0.25, 0.3) is 11.0 Å². The van der Waals surface area contributed by atoms with E-state index in [1.165, 1.54) is 20.3 Å². The second kappa shape index (κ2) is 7.82. The molecule has 3 aromatic rings. The van der Waals surface area contributed by atoms with Crippen LogP contribution in [0.2, 0.25) is 0 Å². The molecular formula is C20H19NO6. The van der Waals surface area contributed by atoms with Crippen LogP contribution in [-0.4, -0.2) is 26.7 Å². The maximum absolute atomic E-state index is 12.8. The fourth-order valence-electron chi connectivity index (χ4n) is 2.70. The van der Waals surface area contributed by atoms with Gasteiger partial charge in [-0.1, -0.05) is 0 Å². The van der Waals surface area contributed by atoms with Crippen LogP contribution in [0.15, 0.2) is 51.7 Å². The van der Waals surface area contributed by atoms with Crippen molar-refractivity contribution < 1.29 is 23.4 Å². The number of carbonyl (C=O) groups excluding carboxylic acids is 1. The minimum atomic E-state index is -0.617. The number of fused-ring (bicyclic) bond motifs is 1. The van der Waals surface area contributed by atoms with Gasteiger partial charge in [0, 0.05) is 29.3 Å². The summed E-state index contributed by atoms with van der Waals surface area (Å²) in [7, 11) is 3.04. The summed E-state index contributed by atoms with van der Waals surface area (Å²) in [5.41, 5.74) is 0.378. The Kier molecular flexibility index (Phi) is 5.30. The normalized spacial score (nSPS) is 10.5. The van der Waals surface area contributed by atoms with Crippen molar-refractivity contribution in [1.82, 2.24) is 0 Å². The molecule has 3 rings (SSSR count). The Morgan fingerprint density at radius 2 is 1.81 bits per heavy atom. The van der Waals surface area contributed by atoms with E-state index >= 15 is 0 Å². The third kappa shape index (κ3) is 3.87. The molecule has 1 aromatic heterocycles. The molecule has 0 unspecified atom stereocenters. The highest BCUT2D eigenvalue weighted by Gasteiger charge is 2.15. The highest BCUT2D eigenvalue weighted by Crippen LogP contribution is 2.30. The van der Waals surface area contributed by atoms with Crippen LogP contribution in [0.4, 0.5) is 5.69 Å². The Morgan fingerprint density at radius 1 is 1.04 bits per heavy atom. The molecule has 7 nitrogen and oxygen atoms in total. The van der Waals surface area contributed by atoms with E-state index in [0.717, 1.165) is 0 Å². The SMILES string of the molecule is CCOc1ccc2c(C(=O)Nc3ccc(OC)c(OC)c3)cc(=O)oc2c1. The molecule has 1 amide bonds. The first kappa shape index (κ1) is 18.3. The topological polar surface area (TPSA) is 87.0 Å². The minimum absolute atomic E-state index is 0.207. The number of anilines is 1. The van der Waals surface area contributed by atoms with Crippen LogP contribution < -0.4 is 25.2 Å². The van der Waals surface area contributed by atoms with Crippen molar-refractivity contribution in [3.63, 3.8) is 0 Å². The van der Waals surface area contributed by atoms with Crippen molar-refractivity contribution in [2.45, 2.75) is 6.92 Å². The van der Waals surface area contributed by atoms with Gasteiger partial charge in [0.05, 0.1) is 26.4 Å². The van der Waals surface area contributed by atoms with Gasteiger partial charge in [0.25, 0.3) is 5.91 Å². The summed E-state index contributed by atoms with van der Waals surface area (Å²) in [5.74, 6) is 1.15. The van der Waals surface area contributed by atoms with E-state index in [2.05, 4.69) is 5.32 Å². The predicted octanol–water partition coefficient (Wildman–Crippen LogP) is 3.46. The van der Waals surface area contributed by atoms with Gasteiger partial charge in [-0.2, -0.15) is 0 Å². The number of ether oxygens (including phenoxy) is 3. The summed E-state index contributed by atoms with van der Waals surface area (Å²) in [6, 6.07) is 11.2. The molecule has 0 atom stereocenters. The second-order valence-electron chi connectivity index (χ2n) is 5.59. The Hall–Kier alpha value is -3.48. The van der Waals surface area contributed by atoms with Gasteiger partial charge in [0.1, 0.15) is 11.3 Å². The van der Waals surface area contributed by atoms with Gasteiger partial charge in [-0.3, -0.25) is 4.79 Å². The number of methoxy groups -OCH3 is 2. The molecule has 0 bridgehead atoms. The predicted molar refractivity (Wildman–Crippen MR) is 101 cm³/mol. The van der Waals surface area contributed by atoms with Crippen LogP contribution in [0.5, 0.6) is 17.2 Å². The van der Waals surface area contributed by atoms with Crippen LogP contribution in [0.1, 0.15) is 17.3 Å². The van der Waals surface area contributed by atoms with Crippen molar-refractivity contribution in [1.29, 1.82) is 0 Å². The number of rotatable bonds is 6. The molecule has 27 heavy (non-hydrogen) atoms. The number of nitrogens with one attached hydrogen (secondary N) is 1. The van der Waals surface area contributed by atoms with Crippen LogP contribution in [0, 0.1) is 0 Å². The van der Waals surface area contributed by atoms with Gasteiger partial charge in [0.2, 0.25) is 0 Å². The van der Waals surface area contributed by atoms with Crippen molar-refractivity contribution in [2.24, 2.45) is 0 Å². The lowest BCUT2D eigenvalue weighted by Gasteiger charge is -2.11. The lowest BCUT2D eigenvalue weighted by atomic mass is 10.1. The average molecular weight is 369 g/mol. The molecule has 0 saturated carbocycles. The zero-order valence-corrected chi connectivity index (χ0v) is 15.2. The molecule has 0 fully saturated rings. The second-order valence-corrected chi connectivity index (χ2v) is 5.59. The van der Waals surface area contributed by atoms with Crippen molar-refractivity contribution >= 4 is 22.6 Å². The van der Waals surface area contributed by atoms with Crippen molar-refractivity contribution in [2.75, 3.05) is 26.1 Å². The number of carbonyl (C=O) groups is 1.